The molecule has 6 nitrogen and oxygen atoms in total. The molecule has 0 aliphatic rings. The Bertz CT molecular complexity index is 502. The molecule has 0 unspecified atom stereocenters. The molecule has 6 heteroatoms. The number of hydrogen-bond acceptors (Lipinski definition) is 5. The molecule has 0 saturated heterocycles. The molecule has 0 fully saturated rings. The first-order valence-corrected chi connectivity index (χ1v) is 6.49. The molecule has 0 heterocycles. The predicted molar refractivity (Wildman–Crippen MR) is 78.1 cm³/mol. The first kappa shape index (κ1) is 16.8. The summed E-state index contributed by atoms with van der Waals surface area (Å²) in [5.41, 5.74) is 0.804. The van der Waals surface area contributed by atoms with Gasteiger partial charge in [-0.05, 0) is 24.6 Å². The van der Waals surface area contributed by atoms with Gasteiger partial charge in [0.05, 0.1) is 27.4 Å². The number of carbonyl (C=O) groups is 2. The van der Waals surface area contributed by atoms with Crippen molar-refractivity contribution in [1.82, 2.24) is 5.32 Å². The molecule has 21 heavy (non-hydrogen) atoms. The van der Waals surface area contributed by atoms with Gasteiger partial charge in [-0.2, -0.15) is 0 Å². The number of rotatable bonds is 7. The number of hydrogen-bond donors (Lipinski definition) is 1. The largest absolute Gasteiger partial charge is 0.493 e. The van der Waals surface area contributed by atoms with Gasteiger partial charge in [0.2, 0.25) is 11.7 Å². The fourth-order valence-corrected chi connectivity index (χ4v) is 2.03. The summed E-state index contributed by atoms with van der Waals surface area (Å²) in [4.78, 5) is 22.8. The van der Waals surface area contributed by atoms with Crippen LogP contribution in [-0.2, 0) is 16.0 Å². The van der Waals surface area contributed by atoms with Gasteiger partial charge < -0.3 is 19.5 Å². The minimum absolute atomic E-state index is 0.112. The standard InChI is InChI=1S/C15H21NO5/c1-9(17)12(16-10(2)18)6-11-7-13(19-3)15(21-5)14(8-11)20-4/h7-8,12H,6H2,1-5H3,(H,16,18)/t12-/m0/s1. The minimum atomic E-state index is -0.578. The van der Waals surface area contributed by atoms with Crippen molar-refractivity contribution in [3.8, 4) is 17.2 Å². The molecule has 0 aromatic heterocycles. The second-order valence-corrected chi connectivity index (χ2v) is 4.60. The Morgan fingerprint density at radius 2 is 1.57 bits per heavy atom. The summed E-state index contributed by atoms with van der Waals surface area (Å²) >= 11 is 0. The molecule has 0 radical (unpaired) electrons. The molecular weight excluding hydrogens is 274 g/mol. The topological polar surface area (TPSA) is 73.9 Å². The second kappa shape index (κ2) is 7.52. The Morgan fingerprint density at radius 3 is 1.90 bits per heavy atom. The van der Waals surface area contributed by atoms with Crippen LogP contribution in [0.3, 0.4) is 0 Å². The highest BCUT2D eigenvalue weighted by Crippen LogP contribution is 2.38. The van der Waals surface area contributed by atoms with Gasteiger partial charge in [0, 0.05) is 13.3 Å². The average molecular weight is 295 g/mol. The van der Waals surface area contributed by atoms with Gasteiger partial charge in [0.15, 0.2) is 17.3 Å². The summed E-state index contributed by atoms with van der Waals surface area (Å²) < 4.78 is 15.8. The molecule has 0 saturated carbocycles. The fourth-order valence-electron chi connectivity index (χ4n) is 2.03. The van der Waals surface area contributed by atoms with Gasteiger partial charge >= 0.3 is 0 Å². The highest BCUT2D eigenvalue weighted by atomic mass is 16.5. The highest BCUT2D eigenvalue weighted by molar-refractivity contribution is 5.86. The number of nitrogens with one attached hydrogen (secondary N) is 1. The maximum Gasteiger partial charge on any atom is 0.217 e. The molecule has 1 atom stereocenters. The monoisotopic (exact) mass is 295 g/mol. The number of ether oxygens (including phenoxy) is 3. The third-order valence-corrected chi connectivity index (χ3v) is 3.03. The normalized spacial score (nSPS) is 11.5. The van der Waals surface area contributed by atoms with Crippen molar-refractivity contribution in [2.24, 2.45) is 0 Å². The average Bonchev–Trinajstić information content (AvgIpc) is 2.44. The fraction of sp³-hybridized carbons (Fsp3) is 0.467. The summed E-state index contributed by atoms with van der Waals surface area (Å²) in [6.07, 6.45) is 0.353. The molecule has 116 valence electrons. The Balaban J connectivity index is 3.12. The molecule has 0 bridgehead atoms. The Morgan fingerprint density at radius 1 is 1.05 bits per heavy atom. The van der Waals surface area contributed by atoms with E-state index in [1.54, 1.807) is 12.1 Å². The van der Waals surface area contributed by atoms with E-state index in [-0.39, 0.29) is 11.7 Å². The van der Waals surface area contributed by atoms with Gasteiger partial charge in [0.1, 0.15) is 0 Å². The zero-order chi connectivity index (χ0) is 16.0. The smallest absolute Gasteiger partial charge is 0.217 e. The molecule has 1 N–H and O–H groups in total. The van der Waals surface area contributed by atoms with Crippen LogP contribution >= 0.6 is 0 Å². The van der Waals surface area contributed by atoms with Crippen LogP contribution in [0, 0.1) is 0 Å². The molecule has 1 rings (SSSR count). The molecule has 0 aliphatic carbocycles. The zero-order valence-corrected chi connectivity index (χ0v) is 13.0. The number of methoxy groups -OCH3 is 3. The molecule has 1 aromatic rings. The highest BCUT2D eigenvalue weighted by Gasteiger charge is 2.19. The predicted octanol–water partition coefficient (Wildman–Crippen LogP) is 1.35. The van der Waals surface area contributed by atoms with Gasteiger partial charge in [-0.15, -0.1) is 0 Å². The lowest BCUT2D eigenvalue weighted by Gasteiger charge is -2.18. The van der Waals surface area contributed by atoms with E-state index in [0.717, 1.165) is 5.56 Å². The van der Waals surface area contributed by atoms with E-state index in [9.17, 15) is 9.59 Å². The first-order chi connectivity index (χ1) is 9.92. The Hall–Kier alpha value is -2.24. The number of ketones is 1. The van der Waals surface area contributed by atoms with Crippen LogP contribution in [0.1, 0.15) is 19.4 Å². The Labute approximate surface area is 124 Å². The van der Waals surface area contributed by atoms with Crippen molar-refractivity contribution >= 4 is 11.7 Å². The minimum Gasteiger partial charge on any atom is -0.493 e. The second-order valence-electron chi connectivity index (χ2n) is 4.60. The molecule has 0 spiro atoms. The van der Waals surface area contributed by atoms with Crippen LogP contribution in [0.15, 0.2) is 12.1 Å². The summed E-state index contributed by atoms with van der Waals surface area (Å²) in [5.74, 6) is 1.15. The van der Waals surface area contributed by atoms with Crippen LogP contribution in [0.5, 0.6) is 17.2 Å². The van der Waals surface area contributed by atoms with Crippen LogP contribution < -0.4 is 19.5 Å². The molecular formula is C15H21NO5. The van der Waals surface area contributed by atoms with Crippen molar-refractivity contribution < 1.29 is 23.8 Å². The maximum atomic E-state index is 11.6. The van der Waals surface area contributed by atoms with E-state index in [4.69, 9.17) is 14.2 Å². The van der Waals surface area contributed by atoms with E-state index in [1.807, 2.05) is 0 Å². The number of benzene rings is 1. The van der Waals surface area contributed by atoms with Crippen LogP contribution in [0.25, 0.3) is 0 Å². The van der Waals surface area contributed by atoms with Gasteiger partial charge in [-0.25, -0.2) is 0 Å². The van der Waals surface area contributed by atoms with Crippen molar-refractivity contribution in [3.05, 3.63) is 17.7 Å². The SMILES string of the molecule is COc1cc(C[C@H](NC(C)=O)C(C)=O)cc(OC)c1OC. The van der Waals surface area contributed by atoms with Crippen LogP contribution in [-0.4, -0.2) is 39.1 Å². The lowest BCUT2D eigenvalue weighted by molar-refractivity contribution is -0.125. The van der Waals surface area contributed by atoms with Crippen molar-refractivity contribution in [2.45, 2.75) is 26.3 Å². The third kappa shape index (κ3) is 4.37. The molecule has 1 amide bonds. The first-order valence-electron chi connectivity index (χ1n) is 6.49. The Kier molecular flexibility index (Phi) is 6.02. The maximum absolute atomic E-state index is 11.6. The summed E-state index contributed by atoms with van der Waals surface area (Å²) in [6, 6.07) is 2.95. The quantitative estimate of drug-likeness (QED) is 0.822. The number of carbonyl (C=O) groups excluding carboxylic acids is 2. The van der Waals surface area contributed by atoms with Gasteiger partial charge in [-0.1, -0.05) is 0 Å². The molecule has 1 aromatic carbocycles. The van der Waals surface area contributed by atoms with Crippen molar-refractivity contribution in [3.63, 3.8) is 0 Å². The third-order valence-electron chi connectivity index (χ3n) is 3.03. The number of Topliss-reactive ketones (excluding diaryl/α,β-unsaturated/α-hetero) is 1. The van der Waals surface area contributed by atoms with E-state index in [2.05, 4.69) is 5.32 Å². The van der Waals surface area contributed by atoms with Gasteiger partial charge in [0.25, 0.3) is 0 Å². The summed E-state index contributed by atoms with van der Waals surface area (Å²) in [6.45, 7) is 2.82. The van der Waals surface area contributed by atoms with Crippen LogP contribution in [0.4, 0.5) is 0 Å². The van der Waals surface area contributed by atoms with Gasteiger partial charge in [-0.3, -0.25) is 9.59 Å². The summed E-state index contributed by atoms with van der Waals surface area (Å²) in [7, 11) is 4.57. The van der Waals surface area contributed by atoms with E-state index in [0.29, 0.717) is 23.7 Å². The lowest BCUT2D eigenvalue weighted by atomic mass is 10.0. The summed E-state index contributed by atoms with van der Waals surface area (Å²) in [5, 5.41) is 2.63. The van der Waals surface area contributed by atoms with E-state index in [1.165, 1.54) is 35.2 Å². The lowest BCUT2D eigenvalue weighted by Crippen LogP contribution is -2.40. The van der Waals surface area contributed by atoms with E-state index >= 15 is 0 Å². The number of amides is 1. The van der Waals surface area contributed by atoms with E-state index < -0.39 is 6.04 Å². The van der Waals surface area contributed by atoms with Crippen molar-refractivity contribution in [1.29, 1.82) is 0 Å². The molecule has 0 aliphatic heterocycles. The zero-order valence-electron chi connectivity index (χ0n) is 13.0. The van der Waals surface area contributed by atoms with Crippen LogP contribution in [0.2, 0.25) is 0 Å². The van der Waals surface area contributed by atoms with Crippen molar-refractivity contribution in [2.75, 3.05) is 21.3 Å².